The van der Waals surface area contributed by atoms with Crippen LogP contribution in [-0.4, -0.2) is 30.5 Å². The zero-order valence-corrected chi connectivity index (χ0v) is 10.2. The fourth-order valence-corrected chi connectivity index (χ4v) is 1.92. The molecule has 4 heteroatoms. The summed E-state index contributed by atoms with van der Waals surface area (Å²) >= 11 is 5.61. The van der Waals surface area contributed by atoms with Crippen LogP contribution in [0, 0.1) is 5.92 Å². The molecule has 1 N–H and O–H groups in total. The second-order valence-corrected chi connectivity index (χ2v) is 4.55. The molecule has 0 heterocycles. The molecule has 0 aromatic carbocycles. The van der Waals surface area contributed by atoms with Crippen molar-refractivity contribution in [2.24, 2.45) is 5.92 Å². The molecule has 1 aliphatic rings. The van der Waals surface area contributed by atoms with Gasteiger partial charge in [-0.05, 0) is 32.6 Å². The Morgan fingerprint density at radius 2 is 2.27 bits per heavy atom. The van der Waals surface area contributed by atoms with Gasteiger partial charge in [0.1, 0.15) is 0 Å². The zero-order valence-electron chi connectivity index (χ0n) is 9.46. The Bertz CT molecular complexity index is 205. The van der Waals surface area contributed by atoms with E-state index >= 15 is 0 Å². The predicted octanol–water partition coefficient (Wildman–Crippen LogP) is 1.94. The highest BCUT2D eigenvalue weighted by atomic mass is 35.5. The molecule has 0 spiro atoms. The van der Waals surface area contributed by atoms with E-state index in [2.05, 4.69) is 5.32 Å². The van der Waals surface area contributed by atoms with Crippen LogP contribution in [0.25, 0.3) is 0 Å². The fourth-order valence-electron chi connectivity index (χ4n) is 1.85. The van der Waals surface area contributed by atoms with Crippen molar-refractivity contribution in [3.8, 4) is 0 Å². The van der Waals surface area contributed by atoms with E-state index in [0.717, 1.165) is 19.4 Å². The van der Waals surface area contributed by atoms with E-state index < -0.39 is 0 Å². The molecule has 0 bridgehead atoms. The predicted molar refractivity (Wildman–Crippen MR) is 61.1 cm³/mol. The summed E-state index contributed by atoms with van der Waals surface area (Å²) in [5.41, 5.74) is 0. The molecular formula is C11H20ClNO2. The van der Waals surface area contributed by atoms with Gasteiger partial charge in [0.25, 0.3) is 0 Å². The van der Waals surface area contributed by atoms with Gasteiger partial charge in [0.05, 0.1) is 6.10 Å². The first-order chi connectivity index (χ1) is 7.15. The van der Waals surface area contributed by atoms with Crippen molar-refractivity contribution in [2.45, 2.75) is 45.3 Å². The number of carbonyl (C=O) groups excluding carboxylic acids is 1. The standard InChI is InChI=1S/C11H20ClNO2/c1-3-15-10-4-9(5-10)6-11(14)13-8(2)7-12/h8-10H,3-7H2,1-2H3,(H,13,14). The van der Waals surface area contributed by atoms with E-state index in [-0.39, 0.29) is 11.9 Å². The van der Waals surface area contributed by atoms with Gasteiger partial charge in [-0.2, -0.15) is 0 Å². The number of hydrogen-bond donors (Lipinski definition) is 1. The second-order valence-electron chi connectivity index (χ2n) is 4.24. The van der Waals surface area contributed by atoms with E-state index in [4.69, 9.17) is 16.3 Å². The number of rotatable bonds is 6. The maximum atomic E-state index is 11.5. The van der Waals surface area contributed by atoms with Crippen LogP contribution in [0.15, 0.2) is 0 Å². The van der Waals surface area contributed by atoms with Gasteiger partial charge in [0.2, 0.25) is 5.91 Å². The quantitative estimate of drug-likeness (QED) is 0.712. The van der Waals surface area contributed by atoms with Gasteiger partial charge in [-0.1, -0.05) is 0 Å². The van der Waals surface area contributed by atoms with Crippen molar-refractivity contribution in [2.75, 3.05) is 12.5 Å². The summed E-state index contributed by atoms with van der Waals surface area (Å²) in [6.45, 7) is 4.68. The molecule has 0 saturated heterocycles. The highest BCUT2D eigenvalue weighted by Gasteiger charge is 2.31. The van der Waals surface area contributed by atoms with Gasteiger partial charge in [0.15, 0.2) is 0 Å². The van der Waals surface area contributed by atoms with Crippen LogP contribution in [0.1, 0.15) is 33.1 Å². The molecule has 88 valence electrons. The second kappa shape index (κ2) is 6.33. The number of nitrogens with one attached hydrogen (secondary N) is 1. The first kappa shape index (κ1) is 12.8. The lowest BCUT2D eigenvalue weighted by molar-refractivity contribution is -0.124. The lowest BCUT2D eigenvalue weighted by atomic mass is 9.80. The van der Waals surface area contributed by atoms with Crippen molar-refractivity contribution in [1.82, 2.24) is 5.32 Å². The molecule has 1 saturated carbocycles. The Morgan fingerprint density at radius 3 is 2.80 bits per heavy atom. The van der Waals surface area contributed by atoms with Crippen molar-refractivity contribution in [3.63, 3.8) is 0 Å². The molecule has 0 aromatic heterocycles. The third kappa shape index (κ3) is 4.39. The van der Waals surface area contributed by atoms with Crippen LogP contribution in [0.2, 0.25) is 0 Å². The number of alkyl halides is 1. The van der Waals surface area contributed by atoms with Crippen molar-refractivity contribution in [3.05, 3.63) is 0 Å². The molecule has 15 heavy (non-hydrogen) atoms. The first-order valence-corrected chi connectivity index (χ1v) is 6.16. The maximum Gasteiger partial charge on any atom is 0.220 e. The average Bonchev–Trinajstić information content (AvgIpc) is 2.14. The van der Waals surface area contributed by atoms with Gasteiger partial charge in [-0.25, -0.2) is 0 Å². The van der Waals surface area contributed by atoms with Crippen molar-refractivity contribution >= 4 is 17.5 Å². The molecule has 1 rings (SSSR count). The summed E-state index contributed by atoms with van der Waals surface area (Å²) in [7, 11) is 0. The Balaban J connectivity index is 2.08. The molecular weight excluding hydrogens is 214 g/mol. The van der Waals surface area contributed by atoms with Gasteiger partial charge in [-0.15, -0.1) is 11.6 Å². The minimum Gasteiger partial charge on any atom is -0.378 e. The Kier molecular flexibility index (Phi) is 5.40. The van der Waals surface area contributed by atoms with Crippen LogP contribution in [0.3, 0.4) is 0 Å². The molecule has 1 amide bonds. The van der Waals surface area contributed by atoms with Gasteiger partial charge < -0.3 is 10.1 Å². The molecule has 1 unspecified atom stereocenters. The molecule has 0 aromatic rings. The SMILES string of the molecule is CCOC1CC(CC(=O)NC(C)CCl)C1. The normalized spacial score (nSPS) is 26.9. The van der Waals surface area contributed by atoms with E-state index in [9.17, 15) is 4.79 Å². The minimum absolute atomic E-state index is 0.0712. The highest BCUT2D eigenvalue weighted by Crippen LogP contribution is 2.32. The van der Waals surface area contributed by atoms with E-state index in [1.165, 1.54) is 0 Å². The molecule has 1 aliphatic carbocycles. The van der Waals surface area contributed by atoms with Crippen LogP contribution in [0.5, 0.6) is 0 Å². The third-order valence-corrected chi connectivity index (χ3v) is 3.17. The molecule has 0 aliphatic heterocycles. The highest BCUT2D eigenvalue weighted by molar-refractivity contribution is 6.18. The number of halogens is 1. The van der Waals surface area contributed by atoms with Crippen LogP contribution in [0.4, 0.5) is 0 Å². The summed E-state index contributed by atoms with van der Waals surface area (Å²) in [6, 6.07) is 0.0712. The van der Waals surface area contributed by atoms with E-state index in [1.54, 1.807) is 0 Å². The van der Waals surface area contributed by atoms with Crippen LogP contribution < -0.4 is 5.32 Å². The summed E-state index contributed by atoms with van der Waals surface area (Å²) in [5, 5.41) is 2.86. The summed E-state index contributed by atoms with van der Waals surface area (Å²) < 4.78 is 5.44. The lowest BCUT2D eigenvalue weighted by Gasteiger charge is -2.34. The van der Waals surface area contributed by atoms with Crippen molar-refractivity contribution in [1.29, 1.82) is 0 Å². The lowest BCUT2D eigenvalue weighted by Crippen LogP contribution is -2.39. The Hall–Kier alpha value is -0.280. The summed E-state index contributed by atoms with van der Waals surface area (Å²) in [4.78, 5) is 11.5. The monoisotopic (exact) mass is 233 g/mol. The van der Waals surface area contributed by atoms with Crippen LogP contribution >= 0.6 is 11.6 Å². The molecule has 1 fully saturated rings. The number of ether oxygens (including phenoxy) is 1. The third-order valence-electron chi connectivity index (χ3n) is 2.71. The van der Waals surface area contributed by atoms with Gasteiger partial charge in [-0.3, -0.25) is 4.79 Å². The molecule has 0 radical (unpaired) electrons. The number of hydrogen-bond acceptors (Lipinski definition) is 2. The maximum absolute atomic E-state index is 11.5. The summed E-state index contributed by atoms with van der Waals surface area (Å²) in [6.07, 6.45) is 3.05. The summed E-state index contributed by atoms with van der Waals surface area (Å²) in [5.74, 6) is 1.09. The fraction of sp³-hybridized carbons (Fsp3) is 0.909. The van der Waals surface area contributed by atoms with E-state index in [1.807, 2.05) is 13.8 Å². The van der Waals surface area contributed by atoms with Crippen molar-refractivity contribution < 1.29 is 9.53 Å². The zero-order chi connectivity index (χ0) is 11.3. The Morgan fingerprint density at radius 1 is 1.60 bits per heavy atom. The molecule has 3 nitrogen and oxygen atoms in total. The first-order valence-electron chi connectivity index (χ1n) is 5.62. The van der Waals surface area contributed by atoms with E-state index in [0.29, 0.717) is 24.3 Å². The smallest absolute Gasteiger partial charge is 0.220 e. The Labute approximate surface area is 96.5 Å². The largest absolute Gasteiger partial charge is 0.378 e. The van der Waals surface area contributed by atoms with Crippen LogP contribution in [-0.2, 0) is 9.53 Å². The number of carbonyl (C=O) groups is 1. The van der Waals surface area contributed by atoms with Gasteiger partial charge in [0, 0.05) is 24.9 Å². The molecule has 1 atom stereocenters. The average molecular weight is 234 g/mol. The topological polar surface area (TPSA) is 38.3 Å². The minimum atomic E-state index is 0.0712. The number of amides is 1. The van der Waals surface area contributed by atoms with Gasteiger partial charge >= 0.3 is 0 Å².